The summed E-state index contributed by atoms with van der Waals surface area (Å²) >= 11 is 0. The minimum Gasteiger partial charge on any atom is -0.481 e. The van der Waals surface area contributed by atoms with Gasteiger partial charge in [-0.05, 0) is 32.1 Å². The molecule has 0 radical (unpaired) electrons. The summed E-state index contributed by atoms with van der Waals surface area (Å²) in [5.41, 5.74) is 1.09. The summed E-state index contributed by atoms with van der Waals surface area (Å²) in [4.78, 5) is 13.2. The Hall–Kier alpha value is -1.43. The van der Waals surface area contributed by atoms with Gasteiger partial charge >= 0.3 is 5.97 Å². The molecule has 21 heavy (non-hydrogen) atoms. The van der Waals surface area contributed by atoms with E-state index in [1.54, 1.807) is 0 Å². The summed E-state index contributed by atoms with van der Waals surface area (Å²) in [6.07, 6.45) is 1.21. The first-order chi connectivity index (χ1) is 10.1. The number of carboxylic acids is 1. The lowest BCUT2D eigenvalue weighted by molar-refractivity contribution is -0.139. The number of nitrogens with zero attached hydrogens (tertiary/aromatic N) is 1. The highest BCUT2D eigenvalue weighted by Crippen LogP contribution is 2.15. The second-order valence-corrected chi connectivity index (χ2v) is 5.96. The maximum atomic E-state index is 10.9. The molecule has 1 heterocycles. The fourth-order valence-electron chi connectivity index (χ4n) is 2.71. The van der Waals surface area contributed by atoms with Crippen molar-refractivity contribution >= 4 is 5.97 Å². The summed E-state index contributed by atoms with van der Waals surface area (Å²) in [5, 5.41) is 15.5. The van der Waals surface area contributed by atoms with E-state index >= 15 is 0 Å². The van der Waals surface area contributed by atoms with Crippen LogP contribution in [0.25, 0.3) is 0 Å². The topological polar surface area (TPSA) is 64.6 Å². The maximum Gasteiger partial charge on any atom is 0.305 e. The number of hydrogen-bond acceptors (Lipinski definition) is 4. The molecule has 3 N–H and O–H groups in total. The van der Waals surface area contributed by atoms with Crippen molar-refractivity contribution in [3.05, 3.63) is 35.9 Å². The molecular formula is C16H25N3O2. The van der Waals surface area contributed by atoms with E-state index in [0.29, 0.717) is 0 Å². The van der Waals surface area contributed by atoms with E-state index in [-0.39, 0.29) is 12.0 Å². The first kappa shape index (κ1) is 15.9. The van der Waals surface area contributed by atoms with Crippen LogP contribution in [0.1, 0.15) is 18.4 Å². The first-order valence-corrected chi connectivity index (χ1v) is 7.50. The number of carbonyl (C=O) groups is 1. The zero-order chi connectivity index (χ0) is 15.1. The van der Waals surface area contributed by atoms with Crippen LogP contribution in [0, 0.1) is 0 Å². The number of aliphatic carboxylic acids is 1. The molecule has 1 aliphatic heterocycles. The smallest absolute Gasteiger partial charge is 0.305 e. The molecule has 2 rings (SSSR count). The molecule has 5 heteroatoms. The van der Waals surface area contributed by atoms with Crippen LogP contribution in [0.15, 0.2) is 30.3 Å². The van der Waals surface area contributed by atoms with Crippen LogP contribution in [0.5, 0.6) is 0 Å². The first-order valence-electron chi connectivity index (χ1n) is 7.50. The van der Waals surface area contributed by atoms with Crippen LogP contribution in [-0.2, 0) is 11.3 Å². The molecule has 0 amide bonds. The molecule has 5 nitrogen and oxygen atoms in total. The summed E-state index contributed by atoms with van der Waals surface area (Å²) in [6.45, 7) is 4.30. The molecule has 116 valence electrons. The van der Waals surface area contributed by atoms with E-state index < -0.39 is 5.97 Å². The highest BCUT2D eigenvalue weighted by Gasteiger charge is 2.38. The molecule has 0 unspecified atom stereocenters. The van der Waals surface area contributed by atoms with Gasteiger partial charge < -0.3 is 20.6 Å². The van der Waals surface area contributed by atoms with Crippen LogP contribution in [0.2, 0.25) is 0 Å². The van der Waals surface area contributed by atoms with Gasteiger partial charge in [0.2, 0.25) is 0 Å². The van der Waals surface area contributed by atoms with Crippen LogP contribution >= 0.6 is 0 Å². The van der Waals surface area contributed by atoms with Gasteiger partial charge in [0.05, 0.1) is 12.0 Å². The summed E-state index contributed by atoms with van der Waals surface area (Å²) < 4.78 is 0. The van der Waals surface area contributed by atoms with Crippen molar-refractivity contribution in [2.24, 2.45) is 0 Å². The molecule has 1 saturated heterocycles. The van der Waals surface area contributed by atoms with Crippen LogP contribution in [0.4, 0.5) is 0 Å². The van der Waals surface area contributed by atoms with E-state index in [0.717, 1.165) is 39.1 Å². The Labute approximate surface area is 126 Å². The van der Waals surface area contributed by atoms with E-state index in [1.165, 1.54) is 5.56 Å². The molecule has 1 aromatic carbocycles. The lowest BCUT2D eigenvalue weighted by atomic mass is 9.88. The highest BCUT2D eigenvalue weighted by molar-refractivity contribution is 5.68. The highest BCUT2D eigenvalue weighted by atomic mass is 16.4. The Morgan fingerprint density at radius 3 is 2.67 bits per heavy atom. The lowest BCUT2D eigenvalue weighted by Crippen LogP contribution is -2.68. The molecule has 0 bridgehead atoms. The average molecular weight is 291 g/mol. The normalized spacial score (nSPS) is 16.7. The summed E-state index contributed by atoms with van der Waals surface area (Å²) in [7, 11) is 2.12. The standard InChI is InChI=1S/C16H25N3O2/c1-19(11-14-6-3-2-4-7-14)9-5-8-18-16(10-15(20)21)12-17-13-16/h2-4,6-7,17-18H,5,8-13H2,1H3,(H,20,21). The fourth-order valence-corrected chi connectivity index (χ4v) is 2.71. The lowest BCUT2D eigenvalue weighted by Gasteiger charge is -2.42. The minimum absolute atomic E-state index is 0.194. The van der Waals surface area contributed by atoms with Crippen molar-refractivity contribution in [1.29, 1.82) is 0 Å². The van der Waals surface area contributed by atoms with Gasteiger partial charge in [-0.15, -0.1) is 0 Å². The Morgan fingerprint density at radius 1 is 1.38 bits per heavy atom. The quantitative estimate of drug-likeness (QED) is 0.590. The van der Waals surface area contributed by atoms with Crippen LogP contribution in [0.3, 0.4) is 0 Å². The van der Waals surface area contributed by atoms with E-state index in [2.05, 4.69) is 46.8 Å². The summed E-state index contributed by atoms with van der Waals surface area (Å²) in [6, 6.07) is 10.4. The largest absolute Gasteiger partial charge is 0.481 e. The number of nitrogens with one attached hydrogen (secondary N) is 2. The molecule has 0 aromatic heterocycles. The summed E-state index contributed by atoms with van der Waals surface area (Å²) in [5.74, 6) is -0.731. The van der Waals surface area contributed by atoms with Crippen molar-refractivity contribution < 1.29 is 9.90 Å². The SMILES string of the molecule is CN(CCCNC1(CC(=O)O)CNC1)Cc1ccccc1. The van der Waals surface area contributed by atoms with Crippen molar-refractivity contribution in [2.75, 3.05) is 33.2 Å². The fraction of sp³-hybridized carbons (Fsp3) is 0.562. The molecule has 1 aliphatic rings. The Bertz CT molecular complexity index is 446. The predicted molar refractivity (Wildman–Crippen MR) is 83.2 cm³/mol. The third kappa shape index (κ3) is 5.12. The zero-order valence-electron chi connectivity index (χ0n) is 12.6. The number of carboxylic acid groups (broad SMARTS) is 1. The third-order valence-electron chi connectivity index (χ3n) is 3.93. The van der Waals surface area contributed by atoms with Crippen molar-refractivity contribution in [3.8, 4) is 0 Å². The Balaban J connectivity index is 1.64. The molecule has 1 aromatic rings. The second-order valence-electron chi connectivity index (χ2n) is 5.96. The van der Waals surface area contributed by atoms with Crippen LogP contribution in [-0.4, -0.2) is 54.7 Å². The molecule has 1 fully saturated rings. The van der Waals surface area contributed by atoms with Gasteiger partial charge in [-0.1, -0.05) is 30.3 Å². The van der Waals surface area contributed by atoms with Gasteiger partial charge in [-0.25, -0.2) is 0 Å². The molecule has 0 saturated carbocycles. The molecular weight excluding hydrogens is 266 g/mol. The maximum absolute atomic E-state index is 10.9. The monoisotopic (exact) mass is 291 g/mol. The molecule has 0 aliphatic carbocycles. The van der Waals surface area contributed by atoms with Crippen LogP contribution < -0.4 is 10.6 Å². The predicted octanol–water partition coefficient (Wildman–Crippen LogP) is 0.915. The second kappa shape index (κ2) is 7.54. The van der Waals surface area contributed by atoms with Gasteiger partial charge in [-0.2, -0.15) is 0 Å². The van der Waals surface area contributed by atoms with Gasteiger partial charge in [0.15, 0.2) is 0 Å². The van der Waals surface area contributed by atoms with Gasteiger partial charge in [0, 0.05) is 19.6 Å². The van der Waals surface area contributed by atoms with Gasteiger partial charge in [0.25, 0.3) is 0 Å². The Kier molecular flexibility index (Phi) is 5.73. The van der Waals surface area contributed by atoms with Gasteiger partial charge in [0.1, 0.15) is 0 Å². The Morgan fingerprint density at radius 2 is 2.10 bits per heavy atom. The van der Waals surface area contributed by atoms with Gasteiger partial charge in [-0.3, -0.25) is 4.79 Å². The van der Waals surface area contributed by atoms with E-state index in [4.69, 9.17) is 5.11 Å². The molecule has 0 spiro atoms. The zero-order valence-corrected chi connectivity index (χ0v) is 12.6. The minimum atomic E-state index is -0.731. The average Bonchev–Trinajstić information content (AvgIpc) is 2.41. The van der Waals surface area contributed by atoms with Crippen molar-refractivity contribution in [1.82, 2.24) is 15.5 Å². The number of benzene rings is 1. The third-order valence-corrected chi connectivity index (χ3v) is 3.93. The van der Waals surface area contributed by atoms with E-state index in [9.17, 15) is 4.79 Å². The number of rotatable bonds is 9. The molecule has 0 atom stereocenters. The van der Waals surface area contributed by atoms with Crippen molar-refractivity contribution in [2.45, 2.75) is 24.9 Å². The van der Waals surface area contributed by atoms with Crippen molar-refractivity contribution in [3.63, 3.8) is 0 Å². The number of hydrogen-bond donors (Lipinski definition) is 3. The van der Waals surface area contributed by atoms with E-state index in [1.807, 2.05) is 6.07 Å².